The van der Waals surface area contributed by atoms with Crippen molar-refractivity contribution in [3.8, 4) is 0 Å². The van der Waals surface area contributed by atoms with E-state index in [-0.39, 0.29) is 11.7 Å². The Labute approximate surface area is 252 Å². The molecule has 0 saturated carbocycles. The molecule has 1 saturated heterocycles. The number of amides is 1. The number of carbonyl (C=O) groups is 1. The Morgan fingerprint density at radius 2 is 1.54 bits per heavy atom. The molecular weight excluding hydrogens is 530 g/mol. The SMILES string of the molecule is C/C=C(\C)c1cccc(NS(=O)(=O)CC)c1.C=CC.CC.CC.CC(=O)N(C)C1CCN(Cc2ccccc2)CC1. The quantitative estimate of drug-likeness (QED) is 0.331. The molecule has 0 aromatic heterocycles. The highest BCUT2D eigenvalue weighted by Crippen LogP contribution is 2.19. The van der Waals surface area contributed by atoms with Crippen molar-refractivity contribution >= 4 is 27.2 Å². The molecule has 1 aliphatic heterocycles. The first kappa shape index (κ1) is 40.2. The van der Waals surface area contributed by atoms with Crippen LogP contribution in [-0.4, -0.2) is 56.1 Å². The standard InChI is InChI=1S/C15H22N2O.C12H17NO2S.C3H6.2C2H6/c1-13(18)16(2)15-8-10-17(11-9-15)12-14-6-4-3-5-7-14;1-4-10(3)11-7-6-8-12(9-11)13-16(14,15)5-2;1-3-2;2*1-2/h3-7,15H,8-12H2,1-2H3;4,6-9,13H,5H2,1-3H3;3H,1H2,2H3;2*1-2H3/b;10-4+;;;. The van der Waals surface area contributed by atoms with Gasteiger partial charge < -0.3 is 4.90 Å². The van der Waals surface area contributed by atoms with E-state index in [0.29, 0.717) is 11.7 Å². The van der Waals surface area contributed by atoms with Crippen molar-refractivity contribution in [3.63, 3.8) is 0 Å². The number of benzene rings is 2. The van der Waals surface area contributed by atoms with Gasteiger partial charge in [0.25, 0.3) is 0 Å². The van der Waals surface area contributed by atoms with E-state index in [0.717, 1.165) is 43.6 Å². The van der Waals surface area contributed by atoms with E-state index in [4.69, 9.17) is 0 Å². The molecule has 1 aliphatic rings. The third kappa shape index (κ3) is 17.5. The Hall–Kier alpha value is -2.90. The molecule has 0 bridgehead atoms. The van der Waals surface area contributed by atoms with Gasteiger partial charge in [-0.3, -0.25) is 14.4 Å². The van der Waals surface area contributed by atoms with Gasteiger partial charge in [-0.15, -0.1) is 6.58 Å². The van der Waals surface area contributed by atoms with E-state index in [2.05, 4.69) is 46.5 Å². The van der Waals surface area contributed by atoms with Crippen LogP contribution in [0.4, 0.5) is 5.69 Å². The van der Waals surface area contributed by atoms with Gasteiger partial charge in [0.05, 0.1) is 5.75 Å². The molecule has 0 aliphatic carbocycles. The second-order valence-corrected chi connectivity index (χ2v) is 11.1. The van der Waals surface area contributed by atoms with E-state index < -0.39 is 10.0 Å². The van der Waals surface area contributed by atoms with Crippen LogP contribution < -0.4 is 4.72 Å². The molecule has 1 fully saturated rings. The minimum absolute atomic E-state index is 0.0832. The maximum absolute atomic E-state index is 11.4. The normalized spacial score (nSPS) is 13.3. The van der Waals surface area contributed by atoms with Crippen molar-refractivity contribution in [2.75, 3.05) is 30.6 Å². The molecule has 3 rings (SSSR count). The number of anilines is 1. The second kappa shape index (κ2) is 23.8. The molecule has 0 atom stereocenters. The Balaban J connectivity index is 0. The summed E-state index contributed by atoms with van der Waals surface area (Å²) in [5.74, 6) is 0.260. The van der Waals surface area contributed by atoms with Crippen molar-refractivity contribution in [3.05, 3.63) is 84.5 Å². The van der Waals surface area contributed by atoms with Gasteiger partial charge in [-0.05, 0) is 69.4 Å². The average molecular weight is 588 g/mol. The predicted molar refractivity (Wildman–Crippen MR) is 181 cm³/mol. The molecular formula is C34H57N3O3S. The zero-order chi connectivity index (χ0) is 31.8. The van der Waals surface area contributed by atoms with E-state index >= 15 is 0 Å². The average Bonchev–Trinajstić information content (AvgIpc) is 3.00. The van der Waals surface area contributed by atoms with Crippen LogP contribution in [0.1, 0.15) is 86.3 Å². The highest BCUT2D eigenvalue weighted by Gasteiger charge is 2.23. The number of nitrogens with one attached hydrogen (secondary N) is 1. The number of hydrogen-bond donors (Lipinski definition) is 1. The third-order valence-corrected chi connectivity index (χ3v) is 7.56. The van der Waals surface area contributed by atoms with E-state index in [1.807, 2.05) is 84.7 Å². The van der Waals surface area contributed by atoms with Crippen molar-refractivity contribution in [2.45, 2.75) is 87.7 Å². The predicted octanol–water partition coefficient (Wildman–Crippen LogP) is 8.25. The smallest absolute Gasteiger partial charge is 0.232 e. The van der Waals surface area contributed by atoms with E-state index in [1.165, 1.54) is 5.56 Å². The number of allylic oxidation sites excluding steroid dienone is 3. The van der Waals surface area contributed by atoms with Gasteiger partial charge in [0.1, 0.15) is 0 Å². The molecule has 6 nitrogen and oxygen atoms in total. The van der Waals surface area contributed by atoms with Crippen LogP contribution in [0, 0.1) is 0 Å². The molecule has 2 aromatic carbocycles. The molecule has 41 heavy (non-hydrogen) atoms. The van der Waals surface area contributed by atoms with E-state index in [1.54, 1.807) is 26.0 Å². The summed E-state index contributed by atoms with van der Waals surface area (Å²) in [6.45, 7) is 23.6. The van der Waals surface area contributed by atoms with Crippen LogP contribution in [0.5, 0.6) is 0 Å². The van der Waals surface area contributed by atoms with Crippen molar-refractivity contribution in [2.24, 2.45) is 0 Å². The fourth-order valence-electron chi connectivity index (χ4n) is 3.81. The lowest BCUT2D eigenvalue weighted by Gasteiger charge is -2.36. The third-order valence-electron chi connectivity index (χ3n) is 6.25. The van der Waals surface area contributed by atoms with Crippen molar-refractivity contribution in [1.29, 1.82) is 0 Å². The topological polar surface area (TPSA) is 69.7 Å². The minimum Gasteiger partial charge on any atom is -0.343 e. The molecule has 0 unspecified atom stereocenters. The highest BCUT2D eigenvalue weighted by atomic mass is 32.2. The summed E-state index contributed by atoms with van der Waals surface area (Å²) in [5, 5.41) is 0. The number of piperidine rings is 1. The summed E-state index contributed by atoms with van der Waals surface area (Å²) in [6, 6.07) is 18.4. The van der Waals surface area contributed by atoms with Gasteiger partial charge in [0, 0.05) is 45.3 Å². The number of carbonyl (C=O) groups excluding carboxylic acids is 1. The fourth-order valence-corrected chi connectivity index (χ4v) is 4.44. The molecule has 7 heteroatoms. The lowest BCUT2D eigenvalue weighted by molar-refractivity contribution is -0.130. The molecule has 1 N–H and O–H groups in total. The Morgan fingerprint density at radius 1 is 1.00 bits per heavy atom. The molecule has 0 radical (unpaired) electrons. The molecule has 0 spiro atoms. The first-order chi connectivity index (χ1) is 19.6. The van der Waals surface area contributed by atoms with Gasteiger partial charge >= 0.3 is 0 Å². The molecule has 1 amide bonds. The Morgan fingerprint density at radius 3 is 2.00 bits per heavy atom. The van der Waals surface area contributed by atoms with Crippen LogP contribution in [0.2, 0.25) is 0 Å². The van der Waals surface area contributed by atoms with Crippen LogP contribution in [-0.2, 0) is 21.4 Å². The van der Waals surface area contributed by atoms with E-state index in [9.17, 15) is 13.2 Å². The maximum Gasteiger partial charge on any atom is 0.232 e. The zero-order valence-electron chi connectivity index (χ0n) is 27.4. The summed E-state index contributed by atoms with van der Waals surface area (Å²) >= 11 is 0. The summed E-state index contributed by atoms with van der Waals surface area (Å²) in [6.07, 6.45) is 5.92. The first-order valence-electron chi connectivity index (χ1n) is 14.9. The van der Waals surface area contributed by atoms with Crippen LogP contribution >= 0.6 is 0 Å². The lowest BCUT2D eigenvalue weighted by atomic mass is 10.0. The summed E-state index contributed by atoms with van der Waals surface area (Å²) in [7, 11) is -1.27. The molecule has 232 valence electrons. The second-order valence-electron chi connectivity index (χ2n) is 9.09. The Bertz CT molecular complexity index is 1090. The van der Waals surface area contributed by atoms with Gasteiger partial charge in [-0.1, -0.05) is 82.3 Å². The van der Waals surface area contributed by atoms with Gasteiger partial charge in [0.2, 0.25) is 15.9 Å². The zero-order valence-corrected chi connectivity index (χ0v) is 28.2. The van der Waals surface area contributed by atoms with Crippen molar-refractivity contribution < 1.29 is 13.2 Å². The Kier molecular flexibility index (Phi) is 23.3. The van der Waals surface area contributed by atoms with Crippen LogP contribution in [0.15, 0.2) is 73.3 Å². The van der Waals surface area contributed by atoms with Crippen LogP contribution in [0.25, 0.3) is 5.57 Å². The summed E-state index contributed by atoms with van der Waals surface area (Å²) in [5.41, 5.74) is 4.13. The number of hydrogen-bond acceptors (Lipinski definition) is 4. The minimum atomic E-state index is -3.19. The molecule has 2 aromatic rings. The number of sulfonamides is 1. The fraction of sp³-hybridized carbons (Fsp3) is 0.500. The largest absolute Gasteiger partial charge is 0.343 e. The number of likely N-dealkylation sites (tertiary alicyclic amines) is 1. The van der Waals surface area contributed by atoms with Crippen LogP contribution in [0.3, 0.4) is 0 Å². The lowest BCUT2D eigenvalue weighted by Crippen LogP contribution is -2.44. The summed E-state index contributed by atoms with van der Waals surface area (Å²) in [4.78, 5) is 15.7. The number of nitrogens with zero attached hydrogens (tertiary/aromatic N) is 2. The first-order valence-corrected chi connectivity index (χ1v) is 16.5. The van der Waals surface area contributed by atoms with Gasteiger partial charge in [0.15, 0.2) is 0 Å². The highest BCUT2D eigenvalue weighted by molar-refractivity contribution is 7.92. The summed E-state index contributed by atoms with van der Waals surface area (Å²) < 4.78 is 25.3. The monoisotopic (exact) mass is 587 g/mol. The van der Waals surface area contributed by atoms with Gasteiger partial charge in [-0.2, -0.15) is 0 Å². The number of rotatable bonds is 7. The maximum atomic E-state index is 11.4. The van der Waals surface area contributed by atoms with Gasteiger partial charge in [-0.25, -0.2) is 8.42 Å². The molecule has 1 heterocycles. The van der Waals surface area contributed by atoms with Crippen molar-refractivity contribution in [1.82, 2.24) is 9.80 Å².